The molecule has 2 aromatic rings. The highest BCUT2D eigenvalue weighted by molar-refractivity contribution is 5.94. The number of hydrogen-bond donors (Lipinski definition) is 7. The van der Waals surface area contributed by atoms with E-state index in [-0.39, 0.29) is 0 Å². The van der Waals surface area contributed by atoms with Gasteiger partial charge in [-0.1, -0.05) is 0 Å². The number of aromatic nitrogens is 2. The second-order valence-electron chi connectivity index (χ2n) is 3.69. The first-order chi connectivity index (χ1) is 7.43. The predicted molar refractivity (Wildman–Crippen MR) is 67.4 cm³/mol. The summed E-state index contributed by atoms with van der Waals surface area (Å²) in [6, 6.07) is 0. The number of rotatable bonds is 1. The number of aryl methyl sites for hydroxylation is 1. The molecule has 0 aliphatic heterocycles. The Bertz CT molecular complexity index is 498. The molecule has 0 radical (unpaired) electrons. The van der Waals surface area contributed by atoms with Crippen molar-refractivity contribution in [2.75, 3.05) is 28.7 Å². The molecule has 0 aliphatic rings. The maximum absolute atomic E-state index is 5.85. The Labute approximate surface area is 92.0 Å². The lowest BCUT2D eigenvalue weighted by molar-refractivity contribution is 1.25. The Morgan fingerprint density at radius 1 is 0.688 bits per heavy atom. The molecule has 2 heterocycles. The molecule has 7 nitrogen and oxygen atoms in total. The van der Waals surface area contributed by atoms with Crippen LogP contribution in [0, 0.1) is 6.92 Å². The molecule has 0 aliphatic carbocycles. The number of nitrogens with two attached hydrogens (primary N) is 5. The molecule has 0 aromatic carbocycles. The van der Waals surface area contributed by atoms with Gasteiger partial charge in [0.05, 0.1) is 34.1 Å². The summed E-state index contributed by atoms with van der Waals surface area (Å²) in [4.78, 5) is 5.91. The summed E-state index contributed by atoms with van der Waals surface area (Å²) < 4.78 is 0. The number of aromatic amines is 2. The van der Waals surface area contributed by atoms with Gasteiger partial charge in [-0.15, -0.1) is 0 Å². The number of hydrogen-bond acceptors (Lipinski definition) is 5. The van der Waals surface area contributed by atoms with Gasteiger partial charge in [0.15, 0.2) is 0 Å². The number of anilines is 5. The van der Waals surface area contributed by atoms with Gasteiger partial charge in [0.2, 0.25) is 0 Å². The van der Waals surface area contributed by atoms with Gasteiger partial charge < -0.3 is 38.6 Å². The van der Waals surface area contributed by atoms with E-state index < -0.39 is 0 Å². The van der Waals surface area contributed by atoms with Crippen LogP contribution >= 0.6 is 0 Å². The normalized spacial score (nSPS) is 10.8. The highest BCUT2D eigenvalue weighted by Gasteiger charge is 2.18. The molecule has 0 saturated heterocycles. The van der Waals surface area contributed by atoms with E-state index in [9.17, 15) is 0 Å². The van der Waals surface area contributed by atoms with E-state index in [2.05, 4.69) is 9.97 Å². The Morgan fingerprint density at radius 2 is 1.19 bits per heavy atom. The van der Waals surface area contributed by atoms with Gasteiger partial charge in [-0.3, -0.25) is 0 Å². The highest BCUT2D eigenvalue weighted by Crippen LogP contribution is 2.38. The van der Waals surface area contributed by atoms with Crippen LogP contribution in [0.5, 0.6) is 0 Å². The van der Waals surface area contributed by atoms with E-state index in [1.54, 1.807) is 0 Å². The average molecular weight is 221 g/mol. The quantitative estimate of drug-likeness (QED) is 0.366. The van der Waals surface area contributed by atoms with Crippen molar-refractivity contribution in [3.63, 3.8) is 0 Å². The van der Waals surface area contributed by atoms with E-state index in [0.717, 1.165) is 5.69 Å². The fraction of sp³-hybridized carbons (Fsp3) is 0.111. The molecular formula is C9H15N7. The van der Waals surface area contributed by atoms with Gasteiger partial charge in [0.25, 0.3) is 0 Å². The van der Waals surface area contributed by atoms with E-state index in [4.69, 9.17) is 28.7 Å². The lowest BCUT2D eigenvalue weighted by atomic mass is 10.2. The van der Waals surface area contributed by atoms with Gasteiger partial charge >= 0.3 is 0 Å². The van der Waals surface area contributed by atoms with Crippen molar-refractivity contribution in [3.8, 4) is 11.4 Å². The monoisotopic (exact) mass is 221 g/mol. The van der Waals surface area contributed by atoms with Crippen molar-refractivity contribution >= 4 is 28.6 Å². The summed E-state index contributed by atoms with van der Waals surface area (Å²) in [6.07, 6.45) is 0. The molecule has 7 heteroatoms. The fourth-order valence-electron chi connectivity index (χ4n) is 1.60. The van der Waals surface area contributed by atoms with Crippen molar-refractivity contribution in [1.82, 2.24) is 9.97 Å². The molecule has 12 N–H and O–H groups in total. The minimum atomic E-state index is 0.317. The van der Waals surface area contributed by atoms with Gasteiger partial charge in [-0.05, 0) is 6.92 Å². The maximum atomic E-state index is 5.85. The smallest absolute Gasteiger partial charge is 0.127 e. The van der Waals surface area contributed by atoms with E-state index in [1.807, 2.05) is 6.92 Å². The van der Waals surface area contributed by atoms with Crippen LogP contribution in [0.4, 0.5) is 28.6 Å². The van der Waals surface area contributed by atoms with Gasteiger partial charge in [-0.25, -0.2) is 0 Å². The first-order valence-corrected chi connectivity index (χ1v) is 4.69. The molecule has 0 unspecified atom stereocenters. The number of nitrogen functional groups attached to an aromatic ring is 5. The summed E-state index contributed by atoms with van der Waals surface area (Å²) in [5.74, 6) is 0.317. The third-order valence-corrected chi connectivity index (χ3v) is 2.64. The number of nitrogens with one attached hydrogen (secondary N) is 2. The van der Waals surface area contributed by atoms with Crippen LogP contribution in [-0.4, -0.2) is 9.97 Å². The Morgan fingerprint density at radius 3 is 1.56 bits per heavy atom. The Kier molecular flexibility index (Phi) is 1.91. The molecule has 0 saturated carbocycles. The fourth-order valence-corrected chi connectivity index (χ4v) is 1.60. The van der Waals surface area contributed by atoms with Gasteiger partial charge in [-0.2, -0.15) is 0 Å². The maximum Gasteiger partial charge on any atom is 0.127 e. The van der Waals surface area contributed by atoms with E-state index >= 15 is 0 Å². The average Bonchev–Trinajstić information content (AvgIpc) is 2.64. The number of H-pyrrole nitrogens is 2. The third-order valence-electron chi connectivity index (χ3n) is 2.64. The summed E-state index contributed by atoms with van der Waals surface area (Å²) in [5.41, 5.74) is 32.3. The minimum Gasteiger partial charge on any atom is -0.396 e. The van der Waals surface area contributed by atoms with Crippen LogP contribution < -0.4 is 28.7 Å². The highest BCUT2D eigenvalue weighted by atomic mass is 15.0. The standard InChI is InChI=1S/C9H15N7/c1-2-3(10)4(11)7(15-2)8-5(12)6(13)9(14)16-8/h15-16H,10-14H2,1H3. The van der Waals surface area contributed by atoms with Crippen LogP contribution in [0.15, 0.2) is 0 Å². The minimum absolute atomic E-state index is 0.317. The summed E-state index contributed by atoms with van der Waals surface area (Å²) in [6.45, 7) is 1.82. The van der Waals surface area contributed by atoms with Crippen molar-refractivity contribution < 1.29 is 0 Å². The second kappa shape index (κ2) is 3.02. The molecule has 2 aromatic heterocycles. The van der Waals surface area contributed by atoms with Crippen LogP contribution in [0.3, 0.4) is 0 Å². The lowest BCUT2D eigenvalue weighted by Gasteiger charge is -1.99. The van der Waals surface area contributed by atoms with Crippen molar-refractivity contribution in [3.05, 3.63) is 5.69 Å². The molecule has 0 atom stereocenters. The summed E-state index contributed by atoms with van der Waals surface area (Å²) >= 11 is 0. The zero-order valence-electron chi connectivity index (χ0n) is 8.89. The van der Waals surface area contributed by atoms with Crippen LogP contribution in [0.1, 0.15) is 5.69 Å². The molecule has 0 fully saturated rings. The first-order valence-electron chi connectivity index (χ1n) is 4.69. The lowest BCUT2D eigenvalue weighted by Crippen LogP contribution is -1.95. The molecule has 2 rings (SSSR count). The summed E-state index contributed by atoms with van der Waals surface area (Å²) in [7, 11) is 0. The molecule has 0 bridgehead atoms. The predicted octanol–water partition coefficient (Wildman–Crippen LogP) is 0.229. The van der Waals surface area contributed by atoms with Crippen LogP contribution in [0.25, 0.3) is 11.4 Å². The molecule has 86 valence electrons. The molecule has 0 spiro atoms. The molecule has 16 heavy (non-hydrogen) atoms. The van der Waals surface area contributed by atoms with Crippen molar-refractivity contribution in [2.24, 2.45) is 0 Å². The zero-order valence-corrected chi connectivity index (χ0v) is 8.89. The van der Waals surface area contributed by atoms with E-state index in [0.29, 0.717) is 40.0 Å². The topological polar surface area (TPSA) is 162 Å². The third kappa shape index (κ3) is 1.14. The largest absolute Gasteiger partial charge is 0.396 e. The second-order valence-corrected chi connectivity index (χ2v) is 3.69. The van der Waals surface area contributed by atoms with Crippen molar-refractivity contribution in [1.29, 1.82) is 0 Å². The van der Waals surface area contributed by atoms with E-state index in [1.165, 1.54) is 0 Å². The zero-order chi connectivity index (χ0) is 12.0. The summed E-state index contributed by atoms with van der Waals surface area (Å²) in [5, 5.41) is 0. The SMILES string of the molecule is Cc1[nH]c(-c2[nH]c(N)c(N)c2N)c(N)c1N. The van der Waals surface area contributed by atoms with Crippen molar-refractivity contribution in [2.45, 2.75) is 6.92 Å². The Balaban J connectivity index is 2.68. The first kappa shape index (κ1) is 10.1. The van der Waals surface area contributed by atoms with Crippen LogP contribution in [0.2, 0.25) is 0 Å². The Hall–Kier alpha value is -2.44. The molecule has 0 amide bonds. The van der Waals surface area contributed by atoms with Gasteiger partial charge in [0, 0.05) is 5.69 Å². The molecular weight excluding hydrogens is 206 g/mol. The van der Waals surface area contributed by atoms with Crippen LogP contribution in [-0.2, 0) is 0 Å². The van der Waals surface area contributed by atoms with Gasteiger partial charge in [0.1, 0.15) is 5.82 Å².